The van der Waals surface area contributed by atoms with Crippen LogP contribution in [0.25, 0.3) is 0 Å². The van der Waals surface area contributed by atoms with Gasteiger partial charge in [0, 0.05) is 17.3 Å². The van der Waals surface area contributed by atoms with Gasteiger partial charge in [-0.2, -0.15) is 0 Å². The Morgan fingerprint density at radius 3 is 2.29 bits per heavy atom. The highest BCUT2D eigenvalue weighted by Gasteiger charge is 2.14. The molecule has 2 amide bonds. The van der Waals surface area contributed by atoms with Gasteiger partial charge >= 0.3 is 0 Å². The first-order valence-electron chi connectivity index (χ1n) is 7.46. The number of rotatable bonds is 5. The average molecular weight is 330 g/mol. The number of hydrogen-bond acceptors (Lipinski definition) is 3. The molecule has 0 fully saturated rings. The summed E-state index contributed by atoms with van der Waals surface area (Å²) in [5, 5.41) is 5.43. The Morgan fingerprint density at radius 2 is 1.71 bits per heavy atom. The molecule has 0 spiro atoms. The van der Waals surface area contributed by atoms with Crippen LogP contribution in [0.5, 0.6) is 5.75 Å². The van der Waals surface area contributed by atoms with E-state index in [-0.39, 0.29) is 23.3 Å². The van der Waals surface area contributed by atoms with Crippen LogP contribution in [-0.2, 0) is 0 Å². The van der Waals surface area contributed by atoms with E-state index < -0.39 is 11.7 Å². The second-order valence-corrected chi connectivity index (χ2v) is 5.50. The third kappa shape index (κ3) is 4.32. The number of carbonyl (C=O) groups is 2. The van der Waals surface area contributed by atoms with Gasteiger partial charge < -0.3 is 15.4 Å². The zero-order valence-corrected chi connectivity index (χ0v) is 13.7. The van der Waals surface area contributed by atoms with E-state index in [4.69, 9.17) is 4.74 Å². The van der Waals surface area contributed by atoms with Gasteiger partial charge in [-0.3, -0.25) is 9.59 Å². The lowest BCUT2D eigenvalue weighted by molar-refractivity contribution is 0.0942. The van der Waals surface area contributed by atoms with E-state index in [1.165, 1.54) is 19.2 Å². The second kappa shape index (κ2) is 7.59. The summed E-state index contributed by atoms with van der Waals surface area (Å²) < 4.78 is 18.4. The Balaban J connectivity index is 2.13. The molecule has 2 rings (SSSR count). The third-order valence-electron chi connectivity index (χ3n) is 3.23. The standard InChI is InChI=1S/C18H19FN2O3/c1-11(2)20-17(22)12-4-7-14(8-5-12)21-18(23)15-10-13(19)6-9-16(15)24-3/h4-11H,1-3H3,(H,20,22)(H,21,23). The van der Waals surface area contributed by atoms with E-state index in [0.29, 0.717) is 11.3 Å². The van der Waals surface area contributed by atoms with Crippen LogP contribution in [0.15, 0.2) is 42.5 Å². The van der Waals surface area contributed by atoms with Crippen LogP contribution in [0.4, 0.5) is 10.1 Å². The van der Waals surface area contributed by atoms with Crippen LogP contribution in [0.1, 0.15) is 34.6 Å². The maximum Gasteiger partial charge on any atom is 0.259 e. The van der Waals surface area contributed by atoms with Gasteiger partial charge in [0.2, 0.25) is 0 Å². The number of methoxy groups -OCH3 is 1. The predicted molar refractivity (Wildman–Crippen MR) is 89.9 cm³/mol. The molecule has 0 saturated carbocycles. The lowest BCUT2D eigenvalue weighted by atomic mass is 10.1. The highest BCUT2D eigenvalue weighted by Crippen LogP contribution is 2.21. The number of anilines is 1. The lowest BCUT2D eigenvalue weighted by Gasteiger charge is -2.11. The van der Waals surface area contributed by atoms with Crippen molar-refractivity contribution >= 4 is 17.5 Å². The van der Waals surface area contributed by atoms with Gasteiger partial charge in [0.1, 0.15) is 11.6 Å². The van der Waals surface area contributed by atoms with E-state index in [1.807, 2.05) is 13.8 Å². The van der Waals surface area contributed by atoms with Gasteiger partial charge in [-0.1, -0.05) is 0 Å². The molecule has 2 aromatic carbocycles. The van der Waals surface area contributed by atoms with Crippen molar-refractivity contribution in [3.8, 4) is 5.75 Å². The van der Waals surface area contributed by atoms with Gasteiger partial charge in [-0.05, 0) is 56.3 Å². The molecule has 5 nitrogen and oxygen atoms in total. The fraction of sp³-hybridized carbons (Fsp3) is 0.222. The van der Waals surface area contributed by atoms with Gasteiger partial charge in [0.15, 0.2) is 0 Å². The first kappa shape index (κ1) is 17.5. The van der Waals surface area contributed by atoms with Crippen LogP contribution >= 0.6 is 0 Å². The summed E-state index contributed by atoms with van der Waals surface area (Å²) in [5.74, 6) is -0.927. The summed E-state index contributed by atoms with van der Waals surface area (Å²) in [4.78, 5) is 24.1. The minimum absolute atomic E-state index is 0.0392. The number of hydrogen-bond donors (Lipinski definition) is 2. The predicted octanol–water partition coefficient (Wildman–Crippen LogP) is 3.22. The highest BCUT2D eigenvalue weighted by molar-refractivity contribution is 6.06. The molecule has 0 aliphatic heterocycles. The van der Waals surface area contributed by atoms with E-state index >= 15 is 0 Å². The van der Waals surface area contributed by atoms with Crippen molar-refractivity contribution in [2.24, 2.45) is 0 Å². The van der Waals surface area contributed by atoms with Crippen molar-refractivity contribution in [1.82, 2.24) is 5.32 Å². The van der Waals surface area contributed by atoms with E-state index in [1.54, 1.807) is 24.3 Å². The van der Waals surface area contributed by atoms with Crippen LogP contribution < -0.4 is 15.4 Å². The zero-order chi connectivity index (χ0) is 17.7. The largest absolute Gasteiger partial charge is 0.496 e. The summed E-state index contributed by atoms with van der Waals surface area (Å²) in [6.07, 6.45) is 0. The minimum Gasteiger partial charge on any atom is -0.496 e. The maximum absolute atomic E-state index is 13.3. The molecule has 0 aliphatic rings. The smallest absolute Gasteiger partial charge is 0.259 e. The maximum atomic E-state index is 13.3. The van der Waals surface area contributed by atoms with Crippen molar-refractivity contribution in [1.29, 1.82) is 0 Å². The van der Waals surface area contributed by atoms with E-state index in [9.17, 15) is 14.0 Å². The minimum atomic E-state index is -0.526. The molecule has 0 unspecified atom stereocenters. The summed E-state index contributed by atoms with van der Waals surface area (Å²) in [7, 11) is 1.41. The van der Waals surface area contributed by atoms with Crippen molar-refractivity contribution in [3.05, 3.63) is 59.4 Å². The number of amides is 2. The SMILES string of the molecule is COc1ccc(F)cc1C(=O)Nc1ccc(C(=O)NC(C)C)cc1. The Morgan fingerprint density at radius 1 is 1.04 bits per heavy atom. The van der Waals surface area contributed by atoms with Crippen molar-refractivity contribution < 1.29 is 18.7 Å². The Hall–Kier alpha value is -2.89. The molecule has 24 heavy (non-hydrogen) atoms. The molecule has 0 radical (unpaired) electrons. The average Bonchev–Trinajstić information content (AvgIpc) is 2.54. The van der Waals surface area contributed by atoms with E-state index in [2.05, 4.69) is 10.6 Å². The van der Waals surface area contributed by atoms with Crippen molar-refractivity contribution in [2.45, 2.75) is 19.9 Å². The Kier molecular flexibility index (Phi) is 5.52. The summed E-state index contributed by atoms with van der Waals surface area (Å²) in [6, 6.07) is 10.2. The van der Waals surface area contributed by atoms with Crippen LogP contribution in [0.3, 0.4) is 0 Å². The molecule has 0 bridgehead atoms. The van der Waals surface area contributed by atoms with Crippen LogP contribution in [-0.4, -0.2) is 25.0 Å². The molecular formula is C18H19FN2O3. The fourth-order valence-corrected chi connectivity index (χ4v) is 2.11. The number of ether oxygens (including phenoxy) is 1. The van der Waals surface area contributed by atoms with Crippen LogP contribution in [0, 0.1) is 5.82 Å². The summed E-state index contributed by atoms with van der Waals surface area (Å²) in [5.41, 5.74) is 1.08. The van der Waals surface area contributed by atoms with Crippen molar-refractivity contribution in [2.75, 3.05) is 12.4 Å². The fourth-order valence-electron chi connectivity index (χ4n) is 2.11. The van der Waals surface area contributed by atoms with E-state index in [0.717, 1.165) is 6.07 Å². The monoisotopic (exact) mass is 330 g/mol. The third-order valence-corrected chi connectivity index (χ3v) is 3.23. The molecule has 0 saturated heterocycles. The summed E-state index contributed by atoms with van der Waals surface area (Å²) >= 11 is 0. The number of benzene rings is 2. The number of halogens is 1. The van der Waals surface area contributed by atoms with Gasteiger partial charge in [0.25, 0.3) is 11.8 Å². The normalized spacial score (nSPS) is 10.4. The molecule has 0 heterocycles. The molecule has 6 heteroatoms. The highest BCUT2D eigenvalue weighted by atomic mass is 19.1. The number of carbonyl (C=O) groups excluding carboxylic acids is 2. The van der Waals surface area contributed by atoms with Crippen LogP contribution in [0.2, 0.25) is 0 Å². The topological polar surface area (TPSA) is 67.4 Å². The van der Waals surface area contributed by atoms with Gasteiger partial charge in [-0.15, -0.1) is 0 Å². The zero-order valence-electron chi connectivity index (χ0n) is 13.7. The summed E-state index contributed by atoms with van der Waals surface area (Å²) in [6.45, 7) is 3.75. The van der Waals surface area contributed by atoms with Gasteiger partial charge in [-0.25, -0.2) is 4.39 Å². The molecular weight excluding hydrogens is 311 g/mol. The molecule has 2 aromatic rings. The molecule has 126 valence electrons. The Labute approximate surface area is 139 Å². The van der Waals surface area contributed by atoms with Crippen molar-refractivity contribution in [3.63, 3.8) is 0 Å². The first-order valence-corrected chi connectivity index (χ1v) is 7.46. The molecule has 0 aromatic heterocycles. The van der Waals surface area contributed by atoms with Gasteiger partial charge in [0.05, 0.1) is 12.7 Å². The second-order valence-electron chi connectivity index (χ2n) is 5.50. The lowest BCUT2D eigenvalue weighted by Crippen LogP contribution is -2.30. The molecule has 0 aliphatic carbocycles. The molecule has 2 N–H and O–H groups in total. The number of nitrogens with one attached hydrogen (secondary N) is 2. The quantitative estimate of drug-likeness (QED) is 0.884. The first-order chi connectivity index (χ1) is 11.4. The Bertz CT molecular complexity index is 742. The molecule has 0 atom stereocenters.